The predicted molar refractivity (Wildman–Crippen MR) is 85.5 cm³/mol. The Hall–Kier alpha value is -1.75. The second-order valence-corrected chi connectivity index (χ2v) is 5.62. The van der Waals surface area contributed by atoms with E-state index >= 15 is 0 Å². The van der Waals surface area contributed by atoms with E-state index in [4.69, 9.17) is 9.47 Å². The van der Waals surface area contributed by atoms with Gasteiger partial charge in [0.15, 0.2) is 17.1 Å². The molecule has 0 radical (unpaired) electrons. The van der Waals surface area contributed by atoms with Crippen molar-refractivity contribution in [2.45, 2.75) is 52.2 Å². The molecule has 1 aromatic rings. The quantitative estimate of drug-likeness (QED) is 0.878. The molecular weight excluding hydrogens is 282 g/mol. The van der Waals surface area contributed by atoms with Crippen molar-refractivity contribution in [3.8, 4) is 11.5 Å². The predicted octanol–water partition coefficient (Wildman–Crippen LogP) is 2.88. The first kappa shape index (κ1) is 16.6. The number of amides is 1. The summed E-state index contributed by atoms with van der Waals surface area (Å²) in [5.74, 6) is 1.13. The average Bonchev–Trinajstić information content (AvgIpc) is 2.56. The molecule has 1 N–H and O–H groups in total. The first-order valence-corrected chi connectivity index (χ1v) is 7.90. The van der Waals surface area contributed by atoms with Gasteiger partial charge in [-0.3, -0.25) is 4.79 Å². The zero-order chi connectivity index (χ0) is 16.3. The number of carbonyl (C=O) groups excluding carboxylic acids is 1. The average molecular weight is 307 g/mol. The van der Waals surface area contributed by atoms with Gasteiger partial charge in [-0.15, -0.1) is 0 Å². The molecule has 2 rings (SSSR count). The molecule has 5 heteroatoms. The van der Waals surface area contributed by atoms with Crippen LogP contribution < -0.4 is 14.4 Å². The molecule has 1 aliphatic rings. The molecular formula is C17H25NO4. The summed E-state index contributed by atoms with van der Waals surface area (Å²) in [5.41, 5.74) is 0.515. The van der Waals surface area contributed by atoms with E-state index in [1.54, 1.807) is 24.1 Å². The van der Waals surface area contributed by atoms with Gasteiger partial charge in [0.2, 0.25) is 0 Å². The van der Waals surface area contributed by atoms with Crippen LogP contribution in [0.3, 0.4) is 0 Å². The minimum atomic E-state index is -0.840. The SMILES string of the molecule is CCCOc1cc(CO)cc2c1OC(CC)(CC)C(=O)N2C. The molecule has 1 amide bonds. The Balaban J connectivity index is 2.56. The zero-order valence-corrected chi connectivity index (χ0v) is 13.8. The summed E-state index contributed by atoms with van der Waals surface area (Å²) in [6.45, 7) is 6.39. The van der Waals surface area contributed by atoms with Gasteiger partial charge < -0.3 is 19.5 Å². The molecule has 0 unspecified atom stereocenters. The lowest BCUT2D eigenvalue weighted by Gasteiger charge is -2.41. The van der Waals surface area contributed by atoms with Crippen LogP contribution in [-0.4, -0.2) is 30.3 Å². The summed E-state index contributed by atoms with van der Waals surface area (Å²) < 4.78 is 11.9. The number of fused-ring (bicyclic) bond motifs is 1. The number of aliphatic hydroxyl groups excluding tert-OH is 1. The molecule has 0 bridgehead atoms. The van der Waals surface area contributed by atoms with Crippen molar-refractivity contribution in [3.05, 3.63) is 17.7 Å². The number of ether oxygens (including phenoxy) is 2. The lowest BCUT2D eigenvalue weighted by Crippen LogP contribution is -2.54. The van der Waals surface area contributed by atoms with Crippen molar-refractivity contribution < 1.29 is 19.4 Å². The third-order valence-electron chi connectivity index (χ3n) is 4.23. The number of hydrogen-bond donors (Lipinski definition) is 1. The Labute approximate surface area is 131 Å². The van der Waals surface area contributed by atoms with Crippen LogP contribution in [0.4, 0.5) is 5.69 Å². The largest absolute Gasteiger partial charge is 0.490 e. The van der Waals surface area contributed by atoms with Crippen LogP contribution in [0.25, 0.3) is 0 Å². The van der Waals surface area contributed by atoms with Gasteiger partial charge in [-0.25, -0.2) is 0 Å². The van der Waals surface area contributed by atoms with Crippen molar-refractivity contribution in [2.24, 2.45) is 0 Å². The Bertz CT molecular complexity index is 552. The van der Waals surface area contributed by atoms with Gasteiger partial charge in [0.25, 0.3) is 5.91 Å². The maximum absolute atomic E-state index is 12.7. The summed E-state index contributed by atoms with van der Waals surface area (Å²) in [6.07, 6.45) is 2.07. The van der Waals surface area contributed by atoms with E-state index in [1.807, 2.05) is 20.8 Å². The summed E-state index contributed by atoms with van der Waals surface area (Å²) in [5, 5.41) is 9.44. The number of hydrogen-bond acceptors (Lipinski definition) is 4. The zero-order valence-electron chi connectivity index (χ0n) is 13.8. The van der Waals surface area contributed by atoms with E-state index < -0.39 is 5.60 Å². The Kier molecular flexibility index (Phi) is 4.96. The van der Waals surface area contributed by atoms with E-state index in [9.17, 15) is 9.90 Å². The van der Waals surface area contributed by atoms with Crippen LogP contribution in [-0.2, 0) is 11.4 Å². The molecule has 1 heterocycles. The lowest BCUT2D eigenvalue weighted by molar-refractivity contribution is -0.136. The normalized spacial score (nSPS) is 16.2. The minimum Gasteiger partial charge on any atom is -0.490 e. The maximum Gasteiger partial charge on any atom is 0.270 e. The third kappa shape index (κ3) is 2.65. The molecule has 0 atom stereocenters. The second-order valence-electron chi connectivity index (χ2n) is 5.62. The Morgan fingerprint density at radius 1 is 1.27 bits per heavy atom. The van der Waals surface area contributed by atoms with Gasteiger partial charge in [-0.2, -0.15) is 0 Å². The van der Waals surface area contributed by atoms with Crippen LogP contribution in [0.1, 0.15) is 45.6 Å². The van der Waals surface area contributed by atoms with Crippen molar-refractivity contribution in [1.82, 2.24) is 0 Å². The van der Waals surface area contributed by atoms with Gasteiger partial charge in [0.1, 0.15) is 0 Å². The van der Waals surface area contributed by atoms with Crippen molar-refractivity contribution in [3.63, 3.8) is 0 Å². The molecule has 0 aromatic heterocycles. The summed E-state index contributed by atoms with van der Waals surface area (Å²) >= 11 is 0. The van der Waals surface area contributed by atoms with E-state index in [1.165, 1.54) is 0 Å². The summed E-state index contributed by atoms with van der Waals surface area (Å²) in [6, 6.07) is 3.56. The van der Waals surface area contributed by atoms with Crippen LogP contribution in [0.2, 0.25) is 0 Å². The standard InChI is InChI=1S/C17H25NO4/c1-5-8-21-14-10-12(11-19)9-13-15(14)22-17(6-2,7-3)16(20)18(13)4/h9-10,19H,5-8,11H2,1-4H3. The fourth-order valence-electron chi connectivity index (χ4n) is 2.76. The smallest absolute Gasteiger partial charge is 0.270 e. The molecule has 1 aliphatic heterocycles. The van der Waals surface area contributed by atoms with Gasteiger partial charge in [-0.05, 0) is 37.0 Å². The van der Waals surface area contributed by atoms with Crippen LogP contribution in [0, 0.1) is 0 Å². The molecule has 0 fully saturated rings. The Morgan fingerprint density at radius 3 is 2.50 bits per heavy atom. The van der Waals surface area contributed by atoms with E-state index in [2.05, 4.69) is 0 Å². The van der Waals surface area contributed by atoms with Gasteiger partial charge in [-0.1, -0.05) is 20.8 Å². The van der Waals surface area contributed by atoms with E-state index in [0.717, 1.165) is 6.42 Å². The fourth-order valence-corrected chi connectivity index (χ4v) is 2.76. The molecule has 0 saturated heterocycles. The molecule has 22 heavy (non-hydrogen) atoms. The molecule has 0 aliphatic carbocycles. The highest BCUT2D eigenvalue weighted by Gasteiger charge is 2.45. The monoisotopic (exact) mass is 307 g/mol. The highest BCUT2D eigenvalue weighted by Crippen LogP contribution is 2.46. The van der Waals surface area contributed by atoms with E-state index in [0.29, 0.717) is 42.2 Å². The number of benzene rings is 1. The molecule has 122 valence electrons. The molecule has 0 saturated carbocycles. The van der Waals surface area contributed by atoms with Crippen LogP contribution in [0.5, 0.6) is 11.5 Å². The number of rotatable bonds is 6. The topological polar surface area (TPSA) is 59.0 Å². The van der Waals surface area contributed by atoms with Gasteiger partial charge >= 0.3 is 0 Å². The van der Waals surface area contributed by atoms with Crippen LogP contribution >= 0.6 is 0 Å². The summed E-state index contributed by atoms with van der Waals surface area (Å²) in [7, 11) is 1.74. The fraction of sp³-hybridized carbons (Fsp3) is 0.588. The van der Waals surface area contributed by atoms with Crippen molar-refractivity contribution in [2.75, 3.05) is 18.6 Å². The first-order valence-electron chi connectivity index (χ1n) is 7.90. The molecule has 5 nitrogen and oxygen atoms in total. The highest BCUT2D eigenvalue weighted by atomic mass is 16.5. The highest BCUT2D eigenvalue weighted by molar-refractivity contribution is 6.03. The summed E-state index contributed by atoms with van der Waals surface area (Å²) in [4.78, 5) is 14.3. The number of anilines is 1. The van der Waals surface area contributed by atoms with Gasteiger partial charge in [0.05, 0.1) is 18.9 Å². The second kappa shape index (κ2) is 6.57. The van der Waals surface area contributed by atoms with Crippen molar-refractivity contribution in [1.29, 1.82) is 0 Å². The van der Waals surface area contributed by atoms with Gasteiger partial charge in [0, 0.05) is 7.05 Å². The lowest BCUT2D eigenvalue weighted by atomic mass is 9.92. The minimum absolute atomic E-state index is 0.0541. The number of likely N-dealkylation sites (N-methyl/N-ethyl adjacent to an activating group) is 1. The number of nitrogens with zero attached hydrogens (tertiary/aromatic N) is 1. The van der Waals surface area contributed by atoms with Crippen LogP contribution in [0.15, 0.2) is 12.1 Å². The molecule has 0 spiro atoms. The number of carbonyl (C=O) groups is 1. The maximum atomic E-state index is 12.7. The van der Waals surface area contributed by atoms with Crippen molar-refractivity contribution >= 4 is 11.6 Å². The van der Waals surface area contributed by atoms with E-state index in [-0.39, 0.29) is 12.5 Å². The Morgan fingerprint density at radius 2 is 1.95 bits per heavy atom. The molecule has 1 aromatic carbocycles. The number of aliphatic hydroxyl groups is 1. The first-order chi connectivity index (χ1) is 10.5. The third-order valence-corrected chi connectivity index (χ3v) is 4.23.